The molecule has 9 heteroatoms. The summed E-state index contributed by atoms with van der Waals surface area (Å²) in [5.41, 5.74) is 0. The highest BCUT2D eigenvalue weighted by atomic mass is 19.3. The zero-order chi connectivity index (χ0) is 14.0. The molecule has 0 aromatic carbocycles. The molecule has 1 aliphatic carbocycles. The first-order valence-electron chi connectivity index (χ1n) is 5.40. The first kappa shape index (κ1) is 13.7. The molecular formula is C10H9F4N3O2. The number of nitriles is 1. The number of hydrogen-bond acceptors (Lipinski definition) is 5. The molecule has 2 atom stereocenters. The lowest BCUT2D eigenvalue weighted by molar-refractivity contribution is -0.168. The van der Waals surface area contributed by atoms with E-state index in [0.29, 0.717) is 6.42 Å². The second kappa shape index (κ2) is 5.13. The summed E-state index contributed by atoms with van der Waals surface area (Å²) in [5.74, 6) is -4.27. The van der Waals surface area contributed by atoms with Crippen LogP contribution < -0.4 is 0 Å². The largest absolute Gasteiger partial charge is 0.367 e. The van der Waals surface area contributed by atoms with Crippen molar-refractivity contribution in [3.05, 3.63) is 11.7 Å². The third-order valence-corrected chi connectivity index (χ3v) is 2.60. The number of nitrogens with zero attached hydrogens (tertiary/aromatic N) is 3. The van der Waals surface area contributed by atoms with Crippen LogP contribution in [0.2, 0.25) is 0 Å². The molecule has 2 unspecified atom stereocenters. The second-order valence-electron chi connectivity index (χ2n) is 4.18. The average Bonchev–Trinajstić information content (AvgIpc) is 3.00. The quantitative estimate of drug-likeness (QED) is 0.746. The van der Waals surface area contributed by atoms with Gasteiger partial charge < -0.3 is 9.26 Å². The van der Waals surface area contributed by atoms with Crippen molar-refractivity contribution in [2.45, 2.75) is 31.3 Å². The Hall–Kier alpha value is -1.69. The fourth-order valence-corrected chi connectivity index (χ4v) is 1.43. The summed E-state index contributed by atoms with van der Waals surface area (Å²) < 4.78 is 57.9. The fraction of sp³-hybridized carbons (Fsp3) is 0.700. The van der Waals surface area contributed by atoms with Crippen molar-refractivity contribution in [1.82, 2.24) is 10.1 Å². The van der Waals surface area contributed by atoms with Gasteiger partial charge in [-0.2, -0.15) is 19.0 Å². The molecule has 1 heterocycles. The van der Waals surface area contributed by atoms with Crippen molar-refractivity contribution in [1.29, 1.82) is 5.26 Å². The maximum atomic E-state index is 12.5. The maximum absolute atomic E-state index is 12.5. The van der Waals surface area contributed by atoms with E-state index in [0.717, 1.165) is 0 Å². The Morgan fingerprint density at radius 3 is 2.84 bits per heavy atom. The Labute approximate surface area is 105 Å². The van der Waals surface area contributed by atoms with Crippen molar-refractivity contribution in [2.24, 2.45) is 5.92 Å². The third kappa shape index (κ3) is 3.20. The van der Waals surface area contributed by atoms with Gasteiger partial charge in [0.05, 0.1) is 17.9 Å². The average molecular weight is 279 g/mol. The molecule has 1 aliphatic rings. The number of hydrogen-bond donors (Lipinski definition) is 0. The second-order valence-corrected chi connectivity index (χ2v) is 4.18. The molecule has 1 fully saturated rings. The molecule has 104 valence electrons. The smallest absolute Gasteiger partial charge is 0.330 e. The first-order chi connectivity index (χ1) is 8.94. The van der Waals surface area contributed by atoms with Crippen LogP contribution in [0.1, 0.15) is 24.1 Å². The summed E-state index contributed by atoms with van der Waals surface area (Å²) in [7, 11) is 0. The normalized spacial score (nSPS) is 22.5. The van der Waals surface area contributed by atoms with Crippen molar-refractivity contribution in [3.8, 4) is 6.07 Å². The van der Waals surface area contributed by atoms with Gasteiger partial charge in [-0.05, 0) is 6.42 Å². The van der Waals surface area contributed by atoms with Gasteiger partial charge in [-0.15, -0.1) is 0 Å². The standard InChI is InChI=1S/C10H9F4N3O2/c11-9(12)10(13,14)4-18-3-7-16-8(19-17-7)6-1-5(6)2-15/h5-6,9H,1,3-4H2. The van der Waals surface area contributed by atoms with Crippen LogP contribution in [0.4, 0.5) is 17.6 Å². The zero-order valence-corrected chi connectivity index (χ0v) is 9.52. The van der Waals surface area contributed by atoms with Crippen LogP contribution >= 0.6 is 0 Å². The van der Waals surface area contributed by atoms with Gasteiger partial charge in [0.1, 0.15) is 13.2 Å². The van der Waals surface area contributed by atoms with Crippen LogP contribution in [0.25, 0.3) is 0 Å². The van der Waals surface area contributed by atoms with Gasteiger partial charge in [-0.3, -0.25) is 0 Å². The van der Waals surface area contributed by atoms with E-state index >= 15 is 0 Å². The number of ether oxygens (including phenoxy) is 1. The Morgan fingerprint density at radius 2 is 2.26 bits per heavy atom. The van der Waals surface area contributed by atoms with Crippen molar-refractivity contribution >= 4 is 0 Å². The topological polar surface area (TPSA) is 71.9 Å². The number of rotatable bonds is 6. The molecule has 0 aliphatic heterocycles. The molecule has 1 aromatic heterocycles. The molecular weight excluding hydrogens is 270 g/mol. The predicted molar refractivity (Wildman–Crippen MR) is 51.4 cm³/mol. The molecule has 1 aromatic rings. The molecule has 0 bridgehead atoms. The van der Waals surface area contributed by atoms with E-state index in [-0.39, 0.29) is 23.6 Å². The van der Waals surface area contributed by atoms with Gasteiger partial charge in [-0.1, -0.05) is 5.16 Å². The molecule has 0 spiro atoms. The summed E-state index contributed by atoms with van der Waals surface area (Å²) >= 11 is 0. The first-order valence-corrected chi connectivity index (χ1v) is 5.40. The van der Waals surface area contributed by atoms with Gasteiger partial charge in [-0.25, -0.2) is 8.78 Å². The van der Waals surface area contributed by atoms with Crippen LogP contribution in [0, 0.1) is 17.2 Å². The van der Waals surface area contributed by atoms with E-state index in [2.05, 4.69) is 14.9 Å². The molecule has 1 saturated carbocycles. The van der Waals surface area contributed by atoms with Crippen LogP contribution in [-0.2, 0) is 11.3 Å². The van der Waals surface area contributed by atoms with E-state index in [4.69, 9.17) is 9.78 Å². The van der Waals surface area contributed by atoms with E-state index in [9.17, 15) is 17.6 Å². The SMILES string of the molecule is N#CC1CC1c1nc(COCC(F)(F)C(F)F)no1. The highest BCUT2D eigenvalue weighted by molar-refractivity contribution is 5.15. The van der Waals surface area contributed by atoms with Crippen molar-refractivity contribution < 1.29 is 26.8 Å². The molecule has 0 amide bonds. The fourth-order valence-electron chi connectivity index (χ4n) is 1.43. The Bertz CT molecular complexity index is 485. The Kier molecular flexibility index (Phi) is 3.71. The maximum Gasteiger partial charge on any atom is 0.330 e. The minimum Gasteiger partial charge on any atom is -0.367 e. The van der Waals surface area contributed by atoms with Crippen LogP contribution in [0.5, 0.6) is 0 Å². The highest BCUT2D eigenvalue weighted by Gasteiger charge is 2.43. The van der Waals surface area contributed by atoms with Gasteiger partial charge in [0.15, 0.2) is 5.82 Å². The van der Waals surface area contributed by atoms with Gasteiger partial charge >= 0.3 is 12.3 Å². The minimum atomic E-state index is -4.20. The third-order valence-electron chi connectivity index (χ3n) is 2.60. The van der Waals surface area contributed by atoms with Crippen LogP contribution in [-0.4, -0.2) is 29.1 Å². The van der Waals surface area contributed by atoms with Crippen molar-refractivity contribution in [3.63, 3.8) is 0 Å². The predicted octanol–water partition coefficient (Wildman–Crippen LogP) is 2.11. The Balaban J connectivity index is 1.80. The summed E-state index contributed by atoms with van der Waals surface area (Å²) in [4.78, 5) is 3.85. The molecule has 0 saturated heterocycles. The number of alkyl halides is 4. The van der Waals surface area contributed by atoms with E-state index in [1.54, 1.807) is 0 Å². The van der Waals surface area contributed by atoms with Gasteiger partial charge in [0.25, 0.3) is 0 Å². The number of aromatic nitrogens is 2. The molecule has 0 radical (unpaired) electrons. The van der Waals surface area contributed by atoms with E-state index in [1.807, 2.05) is 6.07 Å². The summed E-state index contributed by atoms with van der Waals surface area (Å²) in [6.07, 6.45) is -3.17. The lowest BCUT2D eigenvalue weighted by Gasteiger charge is -2.14. The summed E-state index contributed by atoms with van der Waals surface area (Å²) in [6.45, 7) is -1.87. The number of halogens is 4. The van der Waals surface area contributed by atoms with E-state index < -0.39 is 25.6 Å². The highest BCUT2D eigenvalue weighted by Crippen LogP contribution is 2.45. The Morgan fingerprint density at radius 1 is 1.53 bits per heavy atom. The summed E-state index contributed by atoms with van der Waals surface area (Å²) in [6, 6.07) is 2.03. The lowest BCUT2D eigenvalue weighted by Crippen LogP contribution is -2.32. The van der Waals surface area contributed by atoms with Crippen LogP contribution in [0.3, 0.4) is 0 Å². The zero-order valence-electron chi connectivity index (χ0n) is 9.52. The monoisotopic (exact) mass is 279 g/mol. The van der Waals surface area contributed by atoms with Gasteiger partial charge in [0.2, 0.25) is 5.89 Å². The van der Waals surface area contributed by atoms with E-state index in [1.165, 1.54) is 0 Å². The summed E-state index contributed by atoms with van der Waals surface area (Å²) in [5, 5.41) is 12.1. The van der Waals surface area contributed by atoms with Crippen LogP contribution in [0.15, 0.2) is 4.52 Å². The van der Waals surface area contributed by atoms with Crippen molar-refractivity contribution in [2.75, 3.05) is 6.61 Å². The molecule has 19 heavy (non-hydrogen) atoms. The molecule has 2 rings (SSSR count). The molecule has 5 nitrogen and oxygen atoms in total. The van der Waals surface area contributed by atoms with Gasteiger partial charge in [0, 0.05) is 0 Å². The molecule has 0 N–H and O–H groups in total. The lowest BCUT2D eigenvalue weighted by atomic mass is 10.3. The minimum absolute atomic E-state index is 0.0105.